The number of halogens is 2. The van der Waals surface area contributed by atoms with Crippen molar-refractivity contribution in [3.63, 3.8) is 0 Å². The summed E-state index contributed by atoms with van der Waals surface area (Å²) in [5.74, 6) is -1.95. The Labute approximate surface area is 131 Å². The summed E-state index contributed by atoms with van der Waals surface area (Å²) in [7, 11) is -2.53. The molecule has 0 aliphatic carbocycles. The molecular formula is C12H14ClFN2O5S. The minimum absolute atomic E-state index is 0.224. The van der Waals surface area contributed by atoms with E-state index in [0.717, 1.165) is 18.2 Å². The zero-order valence-corrected chi connectivity index (χ0v) is 13.1. The first-order valence-corrected chi connectivity index (χ1v) is 7.93. The Kier molecular flexibility index (Phi) is 6.72. The lowest BCUT2D eigenvalue weighted by Crippen LogP contribution is -2.29. The molecule has 2 N–H and O–H groups in total. The third-order valence-electron chi connectivity index (χ3n) is 2.47. The van der Waals surface area contributed by atoms with Crippen molar-refractivity contribution in [2.24, 2.45) is 0 Å². The maximum atomic E-state index is 13.0. The fourth-order valence-corrected chi connectivity index (χ4v) is 2.61. The second-order valence-corrected chi connectivity index (χ2v) is 6.23. The molecule has 0 spiro atoms. The molecule has 7 nitrogen and oxygen atoms in total. The molecule has 0 aliphatic heterocycles. The Morgan fingerprint density at radius 2 is 2.05 bits per heavy atom. The van der Waals surface area contributed by atoms with E-state index in [0.29, 0.717) is 0 Å². The van der Waals surface area contributed by atoms with Gasteiger partial charge in [0.1, 0.15) is 5.82 Å². The van der Waals surface area contributed by atoms with Crippen molar-refractivity contribution in [2.75, 3.05) is 20.2 Å². The van der Waals surface area contributed by atoms with E-state index in [4.69, 9.17) is 11.6 Å². The predicted octanol–water partition coefficient (Wildman–Crippen LogP) is 0.437. The van der Waals surface area contributed by atoms with Crippen LogP contribution in [0.2, 0.25) is 5.02 Å². The quantitative estimate of drug-likeness (QED) is 0.693. The molecule has 22 heavy (non-hydrogen) atoms. The molecule has 0 bridgehead atoms. The molecule has 122 valence electrons. The number of rotatable bonds is 7. The minimum atomic E-state index is -3.92. The summed E-state index contributed by atoms with van der Waals surface area (Å²) in [4.78, 5) is 21.9. The van der Waals surface area contributed by atoms with E-state index >= 15 is 0 Å². The molecule has 1 aromatic rings. The van der Waals surface area contributed by atoms with Crippen LogP contribution in [0.3, 0.4) is 0 Å². The van der Waals surface area contributed by atoms with Gasteiger partial charge in [0.15, 0.2) is 6.61 Å². The number of hydrogen-bond acceptors (Lipinski definition) is 5. The van der Waals surface area contributed by atoms with Crippen LogP contribution in [-0.4, -0.2) is 40.5 Å². The number of esters is 1. The van der Waals surface area contributed by atoms with Crippen LogP contribution in [0.25, 0.3) is 0 Å². The molecule has 1 aromatic carbocycles. The smallest absolute Gasteiger partial charge is 0.307 e. The van der Waals surface area contributed by atoms with E-state index in [1.165, 1.54) is 7.05 Å². The van der Waals surface area contributed by atoms with E-state index in [1.54, 1.807) is 0 Å². The molecule has 0 aliphatic rings. The Bertz CT molecular complexity index is 665. The summed E-state index contributed by atoms with van der Waals surface area (Å²) in [5.41, 5.74) is 0. The van der Waals surface area contributed by atoms with Gasteiger partial charge in [0.05, 0.1) is 16.3 Å². The summed E-state index contributed by atoms with van der Waals surface area (Å²) in [6, 6.07) is 2.94. The van der Waals surface area contributed by atoms with Gasteiger partial charge in [-0.15, -0.1) is 0 Å². The highest BCUT2D eigenvalue weighted by molar-refractivity contribution is 7.89. The van der Waals surface area contributed by atoms with Crippen molar-refractivity contribution >= 4 is 33.5 Å². The monoisotopic (exact) mass is 352 g/mol. The van der Waals surface area contributed by atoms with Gasteiger partial charge >= 0.3 is 5.97 Å². The largest absolute Gasteiger partial charge is 0.456 e. The van der Waals surface area contributed by atoms with E-state index < -0.39 is 34.3 Å². The van der Waals surface area contributed by atoms with Crippen molar-refractivity contribution in [3.05, 3.63) is 29.0 Å². The Balaban J connectivity index is 2.51. The van der Waals surface area contributed by atoms with Crippen LogP contribution in [-0.2, 0) is 24.3 Å². The first kappa shape index (κ1) is 18.3. The number of hydrogen-bond donors (Lipinski definition) is 2. The molecular weight excluding hydrogens is 339 g/mol. The van der Waals surface area contributed by atoms with Gasteiger partial charge in [0.2, 0.25) is 10.0 Å². The maximum absolute atomic E-state index is 13.0. The van der Waals surface area contributed by atoms with Gasteiger partial charge < -0.3 is 10.1 Å². The third kappa shape index (κ3) is 5.58. The highest BCUT2D eigenvalue weighted by atomic mass is 35.5. The molecule has 1 rings (SSSR count). The Morgan fingerprint density at radius 1 is 1.36 bits per heavy atom. The van der Waals surface area contributed by atoms with Gasteiger partial charge in [-0.3, -0.25) is 9.59 Å². The average Bonchev–Trinajstić information content (AvgIpc) is 2.47. The maximum Gasteiger partial charge on any atom is 0.307 e. The van der Waals surface area contributed by atoms with Gasteiger partial charge in [0.25, 0.3) is 5.91 Å². The summed E-state index contributed by atoms with van der Waals surface area (Å²) in [5, 5.41) is 1.94. The van der Waals surface area contributed by atoms with Gasteiger partial charge in [-0.2, -0.15) is 0 Å². The second-order valence-electron chi connectivity index (χ2n) is 4.06. The van der Waals surface area contributed by atoms with Crippen LogP contribution in [0.1, 0.15) is 6.42 Å². The van der Waals surface area contributed by atoms with Crippen molar-refractivity contribution in [1.82, 2.24) is 10.0 Å². The number of ether oxygens (including phenoxy) is 1. The number of carbonyl (C=O) groups excluding carboxylic acids is 2. The zero-order chi connectivity index (χ0) is 16.8. The van der Waals surface area contributed by atoms with Crippen molar-refractivity contribution in [1.29, 1.82) is 0 Å². The lowest BCUT2D eigenvalue weighted by atomic mass is 10.3. The molecule has 0 saturated heterocycles. The minimum Gasteiger partial charge on any atom is -0.456 e. The second kappa shape index (κ2) is 8.06. The lowest BCUT2D eigenvalue weighted by molar-refractivity contribution is -0.148. The third-order valence-corrected chi connectivity index (χ3v) is 4.21. The van der Waals surface area contributed by atoms with Gasteiger partial charge in [-0.05, 0) is 18.2 Å². The van der Waals surface area contributed by atoms with Crippen LogP contribution >= 0.6 is 11.6 Å². The number of nitrogens with one attached hydrogen (secondary N) is 2. The van der Waals surface area contributed by atoms with E-state index in [2.05, 4.69) is 14.8 Å². The average molecular weight is 353 g/mol. The van der Waals surface area contributed by atoms with Crippen LogP contribution in [0.15, 0.2) is 23.1 Å². The van der Waals surface area contributed by atoms with Gasteiger partial charge in [0, 0.05) is 13.6 Å². The Hall–Kier alpha value is -1.71. The first-order valence-electron chi connectivity index (χ1n) is 6.07. The van der Waals surface area contributed by atoms with Crippen LogP contribution in [0.4, 0.5) is 4.39 Å². The molecule has 0 radical (unpaired) electrons. The molecule has 0 saturated carbocycles. The molecule has 0 atom stereocenters. The lowest BCUT2D eigenvalue weighted by Gasteiger charge is -2.07. The zero-order valence-electron chi connectivity index (χ0n) is 11.6. The fraction of sp³-hybridized carbons (Fsp3) is 0.333. The van der Waals surface area contributed by atoms with E-state index in [-0.39, 0.29) is 22.9 Å². The van der Waals surface area contributed by atoms with Crippen molar-refractivity contribution in [3.8, 4) is 0 Å². The normalized spacial score (nSPS) is 11.0. The first-order chi connectivity index (χ1) is 10.3. The predicted molar refractivity (Wildman–Crippen MR) is 76.2 cm³/mol. The highest BCUT2D eigenvalue weighted by Crippen LogP contribution is 2.19. The van der Waals surface area contributed by atoms with E-state index in [1.807, 2.05) is 0 Å². The number of amides is 1. The fourth-order valence-electron chi connectivity index (χ4n) is 1.31. The van der Waals surface area contributed by atoms with Crippen LogP contribution in [0.5, 0.6) is 0 Å². The molecule has 0 fully saturated rings. The van der Waals surface area contributed by atoms with Crippen LogP contribution < -0.4 is 10.0 Å². The van der Waals surface area contributed by atoms with Crippen molar-refractivity contribution < 1.29 is 27.1 Å². The number of sulfonamides is 1. The van der Waals surface area contributed by atoms with Gasteiger partial charge in [-0.25, -0.2) is 17.5 Å². The van der Waals surface area contributed by atoms with Crippen molar-refractivity contribution in [2.45, 2.75) is 11.3 Å². The topological polar surface area (TPSA) is 102 Å². The highest BCUT2D eigenvalue weighted by Gasteiger charge is 2.16. The van der Waals surface area contributed by atoms with Crippen LogP contribution in [0, 0.1) is 5.82 Å². The summed E-state index contributed by atoms with van der Waals surface area (Å²) < 4.78 is 43.5. The number of likely N-dealkylation sites (N-methyl/N-ethyl adjacent to an activating group) is 1. The summed E-state index contributed by atoms with van der Waals surface area (Å²) in [6.07, 6.45) is -0.259. The Morgan fingerprint density at radius 3 is 2.64 bits per heavy atom. The number of carbonyl (C=O) groups is 2. The van der Waals surface area contributed by atoms with Gasteiger partial charge in [-0.1, -0.05) is 11.6 Å². The summed E-state index contributed by atoms with van der Waals surface area (Å²) in [6.45, 7) is -0.667. The molecule has 0 aromatic heterocycles. The van der Waals surface area contributed by atoms with E-state index in [9.17, 15) is 22.4 Å². The SMILES string of the molecule is CNC(=O)COC(=O)CCNS(=O)(=O)c1ccc(F)c(Cl)c1. The molecule has 10 heteroatoms. The molecule has 1 amide bonds. The number of benzene rings is 1. The molecule has 0 unspecified atom stereocenters. The standard InChI is InChI=1S/C12H14ClFN2O5S/c1-15-11(17)7-21-12(18)4-5-16-22(19,20)8-2-3-10(14)9(13)6-8/h2-3,6,16H,4-5,7H2,1H3,(H,15,17). The summed E-state index contributed by atoms with van der Waals surface area (Å²) >= 11 is 5.51. The molecule has 0 heterocycles.